The number of nitrogens with two attached hydrogens (primary N) is 1. The second-order valence-electron chi connectivity index (χ2n) is 6.52. The van der Waals surface area contributed by atoms with E-state index in [1.807, 2.05) is 18.2 Å². The number of anilines is 3. The van der Waals surface area contributed by atoms with E-state index in [4.69, 9.17) is 5.73 Å². The van der Waals surface area contributed by atoms with E-state index in [0.29, 0.717) is 11.6 Å². The molecule has 0 atom stereocenters. The van der Waals surface area contributed by atoms with Crippen LogP contribution in [0.4, 0.5) is 17.1 Å². The Morgan fingerprint density at radius 2 is 1.84 bits per heavy atom. The Morgan fingerprint density at radius 1 is 1.08 bits per heavy atom. The largest absolute Gasteiger partial charge is 0.396 e. The van der Waals surface area contributed by atoms with Crippen LogP contribution in [0.1, 0.15) is 24.3 Å². The molecule has 0 bridgehead atoms. The molecule has 4 nitrogen and oxygen atoms in total. The number of pyridine rings is 1. The van der Waals surface area contributed by atoms with Crippen molar-refractivity contribution in [2.75, 3.05) is 24.1 Å². The Balaban J connectivity index is 1.62. The summed E-state index contributed by atoms with van der Waals surface area (Å²) in [5.41, 5.74) is 11.1. The number of benzene rings is 2. The van der Waals surface area contributed by atoms with Crippen molar-refractivity contribution < 1.29 is 0 Å². The van der Waals surface area contributed by atoms with Gasteiger partial charge in [-0.15, -0.1) is 0 Å². The number of fused-ring (bicyclic) bond motifs is 1. The van der Waals surface area contributed by atoms with E-state index in [1.165, 1.54) is 18.4 Å². The Morgan fingerprint density at radius 3 is 2.60 bits per heavy atom. The third-order valence-corrected chi connectivity index (χ3v) is 5.34. The molecule has 1 aromatic heterocycles. The van der Waals surface area contributed by atoms with E-state index < -0.39 is 0 Å². The first-order valence-corrected chi connectivity index (χ1v) is 9.41. The van der Waals surface area contributed by atoms with Crippen LogP contribution in [0, 0.1) is 0 Å². The molecule has 128 valence electrons. The molecule has 5 heteroatoms. The fourth-order valence-electron chi connectivity index (χ4n) is 3.46. The molecule has 2 heterocycles. The van der Waals surface area contributed by atoms with Crippen LogP contribution in [0.15, 0.2) is 53.1 Å². The van der Waals surface area contributed by atoms with Gasteiger partial charge in [0.15, 0.2) is 0 Å². The third kappa shape index (κ3) is 3.48. The summed E-state index contributed by atoms with van der Waals surface area (Å²) >= 11 is 3.53. The fourth-order valence-corrected chi connectivity index (χ4v) is 3.82. The van der Waals surface area contributed by atoms with Crippen LogP contribution in [0.25, 0.3) is 10.9 Å². The molecule has 0 unspecified atom stereocenters. The predicted molar refractivity (Wildman–Crippen MR) is 108 cm³/mol. The Hall–Kier alpha value is -2.11. The predicted octanol–water partition coefficient (Wildman–Crippen LogP) is 4.79. The lowest BCUT2D eigenvalue weighted by Gasteiger charge is -2.23. The molecule has 1 aliphatic heterocycles. The minimum Gasteiger partial charge on any atom is -0.396 e. The lowest BCUT2D eigenvalue weighted by atomic mass is 9.90. The maximum Gasteiger partial charge on any atom is 0.0746 e. The molecule has 1 aliphatic rings. The van der Waals surface area contributed by atoms with Crippen LogP contribution in [-0.2, 0) is 0 Å². The summed E-state index contributed by atoms with van der Waals surface area (Å²) in [6.45, 7) is 2.22. The second-order valence-corrected chi connectivity index (χ2v) is 7.44. The van der Waals surface area contributed by atoms with Gasteiger partial charge in [-0.2, -0.15) is 0 Å². The first-order chi connectivity index (χ1) is 12.2. The Bertz CT molecular complexity index is 881. The number of hydrogen-bond acceptors (Lipinski definition) is 4. The highest BCUT2D eigenvalue weighted by Crippen LogP contribution is 2.33. The van der Waals surface area contributed by atoms with Gasteiger partial charge >= 0.3 is 0 Å². The van der Waals surface area contributed by atoms with Gasteiger partial charge in [0.1, 0.15) is 0 Å². The zero-order valence-electron chi connectivity index (χ0n) is 13.9. The zero-order chi connectivity index (χ0) is 17.2. The van der Waals surface area contributed by atoms with E-state index in [2.05, 4.69) is 55.8 Å². The maximum absolute atomic E-state index is 6.18. The van der Waals surface area contributed by atoms with Gasteiger partial charge in [-0.3, -0.25) is 4.98 Å². The summed E-state index contributed by atoms with van der Waals surface area (Å²) in [5.74, 6) is 0.665. The molecule has 4 rings (SSSR count). The van der Waals surface area contributed by atoms with Gasteiger partial charge in [-0.05, 0) is 67.7 Å². The smallest absolute Gasteiger partial charge is 0.0746 e. The topological polar surface area (TPSA) is 63.0 Å². The van der Waals surface area contributed by atoms with E-state index in [1.54, 1.807) is 6.20 Å². The highest BCUT2D eigenvalue weighted by Gasteiger charge is 2.15. The van der Waals surface area contributed by atoms with E-state index >= 15 is 0 Å². The number of nitrogen functional groups attached to an aromatic ring is 1. The Kier molecular flexibility index (Phi) is 4.59. The van der Waals surface area contributed by atoms with Crippen molar-refractivity contribution in [2.45, 2.75) is 18.8 Å². The van der Waals surface area contributed by atoms with Crippen molar-refractivity contribution >= 4 is 43.9 Å². The van der Waals surface area contributed by atoms with Gasteiger partial charge in [0.05, 0.1) is 23.1 Å². The molecule has 1 fully saturated rings. The molecule has 25 heavy (non-hydrogen) atoms. The van der Waals surface area contributed by atoms with Crippen LogP contribution in [-0.4, -0.2) is 18.1 Å². The molecule has 0 amide bonds. The van der Waals surface area contributed by atoms with E-state index in [-0.39, 0.29) is 0 Å². The molecule has 1 saturated heterocycles. The monoisotopic (exact) mass is 396 g/mol. The first-order valence-electron chi connectivity index (χ1n) is 8.62. The van der Waals surface area contributed by atoms with Gasteiger partial charge in [0.25, 0.3) is 0 Å². The van der Waals surface area contributed by atoms with Crippen molar-refractivity contribution in [1.82, 2.24) is 10.3 Å². The van der Waals surface area contributed by atoms with Gasteiger partial charge in [-0.1, -0.05) is 28.1 Å². The number of nitrogens with zero attached hydrogens (tertiary/aromatic N) is 1. The van der Waals surface area contributed by atoms with Crippen molar-refractivity contribution in [2.24, 2.45) is 0 Å². The zero-order valence-corrected chi connectivity index (χ0v) is 15.5. The maximum atomic E-state index is 6.18. The average Bonchev–Trinajstić information content (AvgIpc) is 2.65. The first kappa shape index (κ1) is 16.4. The fraction of sp³-hybridized carbons (Fsp3) is 0.250. The summed E-state index contributed by atoms with van der Waals surface area (Å²) < 4.78 is 1.01. The normalized spacial score (nSPS) is 15.4. The molecule has 4 N–H and O–H groups in total. The average molecular weight is 397 g/mol. The highest BCUT2D eigenvalue weighted by molar-refractivity contribution is 9.10. The molecule has 0 aliphatic carbocycles. The van der Waals surface area contributed by atoms with Crippen molar-refractivity contribution in [3.63, 3.8) is 0 Å². The van der Waals surface area contributed by atoms with E-state index in [9.17, 15) is 0 Å². The summed E-state index contributed by atoms with van der Waals surface area (Å²) in [6.07, 6.45) is 4.13. The van der Waals surface area contributed by atoms with Crippen LogP contribution in [0.3, 0.4) is 0 Å². The number of hydrogen-bond donors (Lipinski definition) is 3. The number of piperidine rings is 1. The lowest BCUT2D eigenvalue weighted by Crippen LogP contribution is -2.26. The van der Waals surface area contributed by atoms with Gasteiger partial charge in [-0.25, -0.2) is 0 Å². The van der Waals surface area contributed by atoms with Crippen LogP contribution >= 0.6 is 15.9 Å². The van der Waals surface area contributed by atoms with Crippen molar-refractivity contribution in [3.05, 3.63) is 58.7 Å². The van der Waals surface area contributed by atoms with Gasteiger partial charge in [0, 0.05) is 15.5 Å². The van der Waals surface area contributed by atoms with Crippen molar-refractivity contribution in [3.8, 4) is 0 Å². The minimum atomic E-state index is 0.646. The third-order valence-electron chi connectivity index (χ3n) is 4.85. The number of rotatable bonds is 3. The summed E-state index contributed by atoms with van der Waals surface area (Å²) in [7, 11) is 0. The molecule has 3 aromatic rings. The van der Waals surface area contributed by atoms with Crippen LogP contribution in [0.2, 0.25) is 0 Å². The molecule has 0 spiro atoms. The second kappa shape index (κ2) is 7.02. The molecule has 0 saturated carbocycles. The highest BCUT2D eigenvalue weighted by atomic mass is 79.9. The molecule has 2 aromatic carbocycles. The summed E-state index contributed by atoms with van der Waals surface area (Å²) in [6, 6.07) is 14.8. The summed E-state index contributed by atoms with van der Waals surface area (Å²) in [4.78, 5) is 4.41. The minimum absolute atomic E-state index is 0.646. The van der Waals surface area contributed by atoms with Crippen molar-refractivity contribution in [1.29, 1.82) is 0 Å². The van der Waals surface area contributed by atoms with Crippen LogP contribution in [0.5, 0.6) is 0 Å². The standard InChI is InChI=1S/C20H21BrN4/c21-15-3-6-19-17(11-15)20(18(22)12-24-19)25-16-4-1-13(2-5-16)14-7-9-23-10-8-14/h1-6,11-12,14,23H,7-10,22H2,(H,24,25). The molecule has 0 radical (unpaired) electrons. The van der Waals surface area contributed by atoms with Crippen LogP contribution < -0.4 is 16.4 Å². The SMILES string of the molecule is Nc1cnc2ccc(Br)cc2c1Nc1ccc(C2CCNCC2)cc1. The Labute approximate surface area is 156 Å². The van der Waals surface area contributed by atoms with Gasteiger partial charge < -0.3 is 16.4 Å². The molecular formula is C20H21BrN4. The molecular weight excluding hydrogens is 376 g/mol. The number of aromatic nitrogens is 1. The number of nitrogens with one attached hydrogen (secondary N) is 2. The number of halogens is 1. The lowest BCUT2D eigenvalue weighted by molar-refractivity contribution is 0.460. The van der Waals surface area contributed by atoms with E-state index in [0.717, 1.165) is 39.8 Å². The van der Waals surface area contributed by atoms with Gasteiger partial charge in [0.2, 0.25) is 0 Å². The summed E-state index contributed by atoms with van der Waals surface area (Å²) in [5, 5.41) is 7.91. The quantitative estimate of drug-likeness (QED) is 0.595.